The molecule has 1 aliphatic carbocycles. The Morgan fingerprint density at radius 1 is 1.11 bits per heavy atom. The highest BCUT2D eigenvalue weighted by molar-refractivity contribution is 6.31. The molecule has 6 heteroatoms. The fraction of sp³-hybridized carbons (Fsp3) is 0.409. The number of benzene rings is 2. The second kappa shape index (κ2) is 10.2. The van der Waals surface area contributed by atoms with E-state index in [2.05, 4.69) is 16.3 Å². The molecular formula is C22H27Cl2FN2O. The van der Waals surface area contributed by atoms with Crippen molar-refractivity contribution < 1.29 is 9.18 Å². The predicted molar refractivity (Wildman–Crippen MR) is 115 cm³/mol. The number of rotatable bonds is 5. The maximum absolute atomic E-state index is 14.0. The van der Waals surface area contributed by atoms with Crippen LogP contribution in [0.2, 0.25) is 5.02 Å². The minimum Gasteiger partial charge on any atom is -0.349 e. The fourth-order valence-electron chi connectivity index (χ4n) is 4.21. The summed E-state index contributed by atoms with van der Waals surface area (Å²) in [4.78, 5) is 14.9. The van der Waals surface area contributed by atoms with Gasteiger partial charge in [-0.25, -0.2) is 4.39 Å². The van der Waals surface area contributed by atoms with E-state index in [1.54, 1.807) is 12.1 Å². The molecule has 1 fully saturated rings. The molecule has 1 amide bonds. The third-order valence-electron chi connectivity index (χ3n) is 5.44. The summed E-state index contributed by atoms with van der Waals surface area (Å²) in [6.07, 6.45) is 4.06. The van der Waals surface area contributed by atoms with Gasteiger partial charge in [0.2, 0.25) is 0 Å². The monoisotopic (exact) mass is 424 g/mol. The van der Waals surface area contributed by atoms with E-state index in [4.69, 9.17) is 11.6 Å². The molecule has 3 rings (SSSR count). The quantitative estimate of drug-likeness (QED) is 0.687. The number of hydrogen-bond donors (Lipinski definition) is 1. The molecule has 2 aromatic rings. The number of amides is 1. The molecule has 1 aliphatic rings. The van der Waals surface area contributed by atoms with Crippen LogP contribution in [0, 0.1) is 11.7 Å². The van der Waals surface area contributed by atoms with Crippen LogP contribution in [0.4, 0.5) is 4.39 Å². The summed E-state index contributed by atoms with van der Waals surface area (Å²) in [5, 5.41) is 3.84. The van der Waals surface area contributed by atoms with Gasteiger partial charge in [-0.05, 0) is 56.6 Å². The summed E-state index contributed by atoms with van der Waals surface area (Å²) in [7, 11) is 4.08. The summed E-state index contributed by atoms with van der Waals surface area (Å²) < 4.78 is 14.0. The Hall–Kier alpha value is -1.62. The van der Waals surface area contributed by atoms with E-state index in [1.807, 2.05) is 32.3 Å². The lowest BCUT2D eigenvalue weighted by Gasteiger charge is -2.41. The Balaban J connectivity index is 0.00000280. The molecule has 0 radical (unpaired) electrons. The Morgan fingerprint density at radius 3 is 2.43 bits per heavy atom. The average molecular weight is 425 g/mol. The zero-order valence-corrected chi connectivity index (χ0v) is 17.8. The summed E-state index contributed by atoms with van der Waals surface area (Å²) in [6.45, 7) is 0. The highest BCUT2D eigenvalue weighted by atomic mass is 35.5. The van der Waals surface area contributed by atoms with Crippen LogP contribution in [-0.4, -0.2) is 30.9 Å². The highest BCUT2D eigenvalue weighted by Gasteiger charge is 2.36. The lowest BCUT2D eigenvalue weighted by molar-refractivity contribution is 0.0842. The SMILES string of the molecule is CN(C)C(c1ccccc1Cl)[C@H]1CCCC[C@H]1NC(=O)c1ccccc1F.Cl. The van der Waals surface area contributed by atoms with Crippen LogP contribution < -0.4 is 5.32 Å². The van der Waals surface area contributed by atoms with Crippen molar-refractivity contribution in [2.24, 2.45) is 5.92 Å². The van der Waals surface area contributed by atoms with Crippen LogP contribution in [0.15, 0.2) is 48.5 Å². The van der Waals surface area contributed by atoms with E-state index in [-0.39, 0.29) is 41.9 Å². The second-order valence-corrected chi connectivity index (χ2v) is 7.85. The first kappa shape index (κ1) is 22.7. The van der Waals surface area contributed by atoms with Crippen molar-refractivity contribution in [1.82, 2.24) is 10.2 Å². The highest BCUT2D eigenvalue weighted by Crippen LogP contribution is 2.40. The van der Waals surface area contributed by atoms with Gasteiger partial charge >= 0.3 is 0 Å². The van der Waals surface area contributed by atoms with Gasteiger partial charge in [0.05, 0.1) is 5.56 Å². The number of halogens is 3. The number of carbonyl (C=O) groups excluding carboxylic acids is 1. The summed E-state index contributed by atoms with van der Waals surface area (Å²) in [5.41, 5.74) is 1.17. The van der Waals surface area contributed by atoms with Crippen molar-refractivity contribution in [2.45, 2.75) is 37.8 Å². The minimum absolute atomic E-state index is 0. The van der Waals surface area contributed by atoms with Crippen molar-refractivity contribution in [3.05, 3.63) is 70.5 Å². The smallest absolute Gasteiger partial charge is 0.254 e. The molecule has 0 aromatic heterocycles. The van der Waals surface area contributed by atoms with E-state index in [0.717, 1.165) is 36.3 Å². The predicted octanol–water partition coefficient (Wildman–Crippen LogP) is 5.49. The molecule has 152 valence electrons. The van der Waals surface area contributed by atoms with Gasteiger partial charge in [-0.3, -0.25) is 4.79 Å². The molecular weight excluding hydrogens is 398 g/mol. The number of nitrogens with one attached hydrogen (secondary N) is 1. The van der Waals surface area contributed by atoms with Gasteiger partial charge in [-0.2, -0.15) is 0 Å². The maximum Gasteiger partial charge on any atom is 0.254 e. The normalized spacial score (nSPS) is 20.3. The third kappa shape index (κ3) is 5.05. The number of nitrogens with zero attached hydrogens (tertiary/aromatic N) is 1. The topological polar surface area (TPSA) is 32.3 Å². The summed E-state index contributed by atoms with van der Waals surface area (Å²) >= 11 is 6.49. The van der Waals surface area contributed by atoms with Gasteiger partial charge in [0.25, 0.3) is 5.91 Å². The summed E-state index contributed by atoms with van der Waals surface area (Å²) in [6, 6.07) is 14.1. The molecule has 0 aliphatic heterocycles. The van der Waals surface area contributed by atoms with Gasteiger partial charge in [0, 0.05) is 17.1 Å². The van der Waals surface area contributed by atoms with Crippen LogP contribution in [0.5, 0.6) is 0 Å². The van der Waals surface area contributed by atoms with Crippen LogP contribution in [-0.2, 0) is 0 Å². The Bertz CT molecular complexity index is 800. The van der Waals surface area contributed by atoms with E-state index < -0.39 is 5.82 Å². The van der Waals surface area contributed by atoms with Crippen LogP contribution >= 0.6 is 24.0 Å². The van der Waals surface area contributed by atoms with Crippen LogP contribution in [0.25, 0.3) is 0 Å². The standard InChI is InChI=1S/C22H26ClFN2O.ClH/c1-26(2)21(15-9-3-6-12-18(15)23)17-11-5-8-14-20(17)25-22(27)16-10-4-7-13-19(16)24;/h3-4,6-7,9-10,12-13,17,20-21H,5,8,11,14H2,1-2H3,(H,25,27);1H/t17-,20+,21?;/m0./s1. The fourth-order valence-corrected chi connectivity index (χ4v) is 4.46. The first-order chi connectivity index (χ1) is 13.0. The lowest BCUT2D eigenvalue weighted by atomic mass is 9.77. The summed E-state index contributed by atoms with van der Waals surface area (Å²) in [5.74, 6) is -0.622. The van der Waals surface area contributed by atoms with E-state index in [9.17, 15) is 9.18 Å². The molecule has 28 heavy (non-hydrogen) atoms. The van der Waals surface area contributed by atoms with Gasteiger partial charge < -0.3 is 10.2 Å². The van der Waals surface area contributed by atoms with E-state index >= 15 is 0 Å². The van der Waals surface area contributed by atoms with Gasteiger partial charge in [-0.15, -0.1) is 12.4 Å². The van der Waals surface area contributed by atoms with Crippen molar-refractivity contribution in [2.75, 3.05) is 14.1 Å². The second-order valence-electron chi connectivity index (χ2n) is 7.44. The molecule has 0 saturated heterocycles. The molecule has 2 aromatic carbocycles. The largest absolute Gasteiger partial charge is 0.349 e. The molecule has 1 N–H and O–H groups in total. The van der Waals surface area contributed by atoms with Gasteiger partial charge in [0.1, 0.15) is 5.82 Å². The number of carbonyl (C=O) groups is 1. The molecule has 1 saturated carbocycles. The van der Waals surface area contributed by atoms with Crippen molar-refractivity contribution in [1.29, 1.82) is 0 Å². The molecule has 3 atom stereocenters. The Labute approximate surface area is 177 Å². The average Bonchev–Trinajstić information content (AvgIpc) is 2.65. The van der Waals surface area contributed by atoms with Crippen LogP contribution in [0.1, 0.15) is 47.6 Å². The Kier molecular flexibility index (Phi) is 8.29. The molecule has 0 spiro atoms. The minimum atomic E-state index is -0.488. The van der Waals surface area contributed by atoms with E-state index in [1.165, 1.54) is 12.1 Å². The number of hydrogen-bond acceptors (Lipinski definition) is 2. The molecule has 1 unspecified atom stereocenters. The van der Waals surface area contributed by atoms with Crippen LogP contribution in [0.3, 0.4) is 0 Å². The van der Waals surface area contributed by atoms with E-state index in [0.29, 0.717) is 0 Å². The molecule has 3 nitrogen and oxygen atoms in total. The van der Waals surface area contributed by atoms with Gasteiger partial charge in [-0.1, -0.05) is 54.8 Å². The zero-order valence-electron chi connectivity index (χ0n) is 16.2. The molecule has 0 bridgehead atoms. The van der Waals surface area contributed by atoms with Crippen molar-refractivity contribution in [3.8, 4) is 0 Å². The van der Waals surface area contributed by atoms with Crippen molar-refractivity contribution in [3.63, 3.8) is 0 Å². The third-order valence-corrected chi connectivity index (χ3v) is 5.78. The van der Waals surface area contributed by atoms with Gasteiger partial charge in [0.15, 0.2) is 0 Å². The first-order valence-electron chi connectivity index (χ1n) is 9.45. The lowest BCUT2D eigenvalue weighted by Crippen LogP contribution is -2.47. The zero-order chi connectivity index (χ0) is 19.4. The maximum atomic E-state index is 14.0. The van der Waals surface area contributed by atoms with Crippen molar-refractivity contribution >= 4 is 29.9 Å². The Morgan fingerprint density at radius 2 is 1.75 bits per heavy atom. The first-order valence-corrected chi connectivity index (χ1v) is 9.83. The molecule has 0 heterocycles.